The molecule has 0 radical (unpaired) electrons. The molecule has 0 unspecified atom stereocenters. The maximum absolute atomic E-state index is 12.7. The van der Waals surface area contributed by atoms with Crippen LogP contribution in [0, 0.1) is 13.8 Å². The second-order valence-corrected chi connectivity index (χ2v) is 9.71. The molecule has 5 aromatic rings. The van der Waals surface area contributed by atoms with E-state index >= 15 is 0 Å². The van der Waals surface area contributed by atoms with Crippen molar-refractivity contribution >= 4 is 29.2 Å². The van der Waals surface area contributed by atoms with Gasteiger partial charge >= 0.3 is 5.97 Å². The predicted molar refractivity (Wildman–Crippen MR) is 155 cm³/mol. The number of rotatable bonds is 6. The molecule has 1 amide bonds. The number of carbonyl (C=O) groups excluding carboxylic acids is 2. The molecule has 0 aliphatic carbocycles. The summed E-state index contributed by atoms with van der Waals surface area (Å²) >= 11 is 5.94. The van der Waals surface area contributed by atoms with Crippen molar-refractivity contribution in [3.63, 3.8) is 0 Å². The quantitative estimate of drug-likeness (QED) is 0.227. The summed E-state index contributed by atoms with van der Waals surface area (Å²) in [4.78, 5) is 24.9. The van der Waals surface area contributed by atoms with Crippen LogP contribution in [0.4, 0.5) is 5.69 Å². The summed E-state index contributed by atoms with van der Waals surface area (Å²) in [6, 6.07) is 29.9. The van der Waals surface area contributed by atoms with Gasteiger partial charge in [-0.15, -0.1) is 0 Å². The first-order valence-corrected chi connectivity index (χ1v) is 12.8. The molecule has 1 N–H and O–H groups in total. The van der Waals surface area contributed by atoms with E-state index in [1.54, 1.807) is 28.9 Å². The zero-order chi connectivity index (χ0) is 27.5. The lowest BCUT2D eigenvalue weighted by atomic mass is 10.00. The van der Waals surface area contributed by atoms with Gasteiger partial charge in [0.2, 0.25) is 5.88 Å². The van der Waals surface area contributed by atoms with E-state index in [1.165, 1.54) is 6.92 Å². The van der Waals surface area contributed by atoms with E-state index in [4.69, 9.17) is 21.4 Å². The molecule has 194 valence electrons. The van der Waals surface area contributed by atoms with E-state index in [9.17, 15) is 9.59 Å². The Balaban J connectivity index is 1.59. The van der Waals surface area contributed by atoms with Crippen molar-refractivity contribution in [2.24, 2.45) is 0 Å². The van der Waals surface area contributed by atoms with E-state index in [0.717, 1.165) is 27.9 Å². The molecule has 0 aliphatic rings. The zero-order valence-corrected chi connectivity index (χ0v) is 22.5. The Labute approximate surface area is 231 Å². The molecule has 0 bridgehead atoms. The smallest absolute Gasteiger partial charge is 0.309 e. The number of anilines is 1. The van der Waals surface area contributed by atoms with Gasteiger partial charge in [-0.3, -0.25) is 9.59 Å². The average molecular weight is 536 g/mol. The number of ether oxygens (including phenoxy) is 1. The maximum Gasteiger partial charge on any atom is 0.309 e. The highest BCUT2D eigenvalue weighted by atomic mass is 35.5. The molecule has 0 aliphatic heterocycles. The van der Waals surface area contributed by atoms with Crippen molar-refractivity contribution in [2.45, 2.75) is 20.8 Å². The van der Waals surface area contributed by atoms with Gasteiger partial charge in [-0.25, -0.2) is 0 Å². The van der Waals surface area contributed by atoms with E-state index in [2.05, 4.69) is 5.32 Å². The molecular weight excluding hydrogens is 510 g/mol. The molecular formula is C32H26ClN3O3. The van der Waals surface area contributed by atoms with Crippen LogP contribution in [0.15, 0.2) is 97.1 Å². The third kappa shape index (κ3) is 5.76. The lowest BCUT2D eigenvalue weighted by molar-refractivity contribution is -0.132. The summed E-state index contributed by atoms with van der Waals surface area (Å²) < 4.78 is 7.44. The summed E-state index contributed by atoms with van der Waals surface area (Å²) in [7, 11) is 0. The Kier molecular flexibility index (Phi) is 7.30. The number of amides is 1. The summed E-state index contributed by atoms with van der Waals surface area (Å²) in [6.45, 7) is 5.41. The van der Waals surface area contributed by atoms with Gasteiger partial charge < -0.3 is 10.1 Å². The number of carbonyl (C=O) groups is 2. The van der Waals surface area contributed by atoms with Crippen LogP contribution < -0.4 is 10.1 Å². The first-order chi connectivity index (χ1) is 18.8. The van der Waals surface area contributed by atoms with E-state index in [0.29, 0.717) is 33.4 Å². The molecule has 0 spiro atoms. The Morgan fingerprint density at radius 3 is 1.92 bits per heavy atom. The van der Waals surface area contributed by atoms with Crippen LogP contribution >= 0.6 is 11.6 Å². The molecule has 6 nitrogen and oxygen atoms in total. The summed E-state index contributed by atoms with van der Waals surface area (Å²) in [5.74, 6) is -0.376. The predicted octanol–water partition coefficient (Wildman–Crippen LogP) is 7.65. The normalized spacial score (nSPS) is 10.8. The zero-order valence-electron chi connectivity index (χ0n) is 21.7. The summed E-state index contributed by atoms with van der Waals surface area (Å²) in [5, 5.41) is 8.38. The van der Waals surface area contributed by atoms with Gasteiger partial charge in [-0.2, -0.15) is 9.78 Å². The van der Waals surface area contributed by atoms with Crippen molar-refractivity contribution in [1.82, 2.24) is 9.78 Å². The Bertz CT molecular complexity index is 1640. The lowest BCUT2D eigenvalue weighted by Crippen LogP contribution is -2.11. The Morgan fingerprint density at radius 2 is 1.33 bits per heavy atom. The van der Waals surface area contributed by atoms with Crippen molar-refractivity contribution in [3.8, 4) is 34.0 Å². The van der Waals surface area contributed by atoms with Crippen LogP contribution in [0.25, 0.3) is 28.1 Å². The second kappa shape index (κ2) is 11.0. The summed E-state index contributed by atoms with van der Waals surface area (Å²) in [6.07, 6.45) is 0. The number of esters is 1. The molecule has 4 aromatic carbocycles. The van der Waals surface area contributed by atoms with Crippen molar-refractivity contribution in [2.75, 3.05) is 5.32 Å². The van der Waals surface area contributed by atoms with Crippen LogP contribution in [0.1, 0.15) is 28.4 Å². The molecule has 7 heteroatoms. The lowest BCUT2D eigenvalue weighted by Gasteiger charge is -2.11. The monoisotopic (exact) mass is 535 g/mol. The minimum absolute atomic E-state index is 0.243. The number of hydrogen-bond donors (Lipinski definition) is 1. The number of nitrogens with zero attached hydrogens (tertiary/aromatic N) is 2. The van der Waals surface area contributed by atoms with Crippen LogP contribution in [0.3, 0.4) is 0 Å². The van der Waals surface area contributed by atoms with Gasteiger partial charge in [0.25, 0.3) is 5.91 Å². The van der Waals surface area contributed by atoms with E-state index in [-0.39, 0.29) is 5.91 Å². The van der Waals surface area contributed by atoms with Gasteiger partial charge in [0.15, 0.2) is 0 Å². The van der Waals surface area contributed by atoms with Crippen molar-refractivity contribution < 1.29 is 14.3 Å². The third-order valence-electron chi connectivity index (χ3n) is 6.22. The van der Waals surface area contributed by atoms with Gasteiger partial charge in [-0.05, 0) is 67.9 Å². The van der Waals surface area contributed by atoms with Gasteiger partial charge in [0.05, 0.1) is 11.3 Å². The minimum atomic E-state index is -0.452. The standard InChI is InChI=1S/C32H26ClN3O3/c1-20-4-8-24(9-5-20)30-29(32(39-22(3)37)36(35-30)28-18-6-21(2)7-19-28)23-12-16-27(17-13-23)34-31(38)25-10-14-26(33)15-11-25/h4-19H,1-3H3,(H,34,38). The van der Waals surface area contributed by atoms with Crippen molar-refractivity contribution in [1.29, 1.82) is 0 Å². The van der Waals surface area contributed by atoms with Crippen LogP contribution in [-0.2, 0) is 4.79 Å². The highest BCUT2D eigenvalue weighted by molar-refractivity contribution is 6.30. The highest BCUT2D eigenvalue weighted by Gasteiger charge is 2.24. The molecule has 39 heavy (non-hydrogen) atoms. The highest BCUT2D eigenvalue weighted by Crippen LogP contribution is 2.41. The van der Waals surface area contributed by atoms with E-state index in [1.807, 2.05) is 86.6 Å². The first-order valence-electron chi connectivity index (χ1n) is 12.4. The molecule has 0 saturated heterocycles. The topological polar surface area (TPSA) is 73.2 Å². The van der Waals surface area contributed by atoms with Crippen LogP contribution in [0.5, 0.6) is 5.88 Å². The molecule has 0 fully saturated rings. The number of aromatic nitrogens is 2. The first kappa shape index (κ1) is 25.9. The number of nitrogens with one attached hydrogen (secondary N) is 1. The number of halogens is 1. The second-order valence-electron chi connectivity index (χ2n) is 9.27. The summed E-state index contributed by atoms with van der Waals surface area (Å²) in [5.41, 5.74) is 7.13. The van der Waals surface area contributed by atoms with Gasteiger partial charge in [0, 0.05) is 28.8 Å². The fraction of sp³-hybridized carbons (Fsp3) is 0.0938. The van der Waals surface area contributed by atoms with Crippen LogP contribution in [-0.4, -0.2) is 21.7 Å². The Morgan fingerprint density at radius 1 is 0.769 bits per heavy atom. The van der Waals surface area contributed by atoms with Gasteiger partial charge in [-0.1, -0.05) is 71.3 Å². The molecule has 0 atom stereocenters. The Hall–Kier alpha value is -4.68. The number of hydrogen-bond acceptors (Lipinski definition) is 4. The number of aryl methyl sites for hydroxylation is 2. The van der Waals surface area contributed by atoms with Crippen molar-refractivity contribution in [3.05, 3.63) is 119 Å². The fourth-order valence-corrected chi connectivity index (χ4v) is 4.32. The van der Waals surface area contributed by atoms with Gasteiger partial charge in [0.1, 0.15) is 5.69 Å². The minimum Gasteiger partial charge on any atom is -0.407 e. The third-order valence-corrected chi connectivity index (χ3v) is 6.48. The molecule has 0 saturated carbocycles. The maximum atomic E-state index is 12.7. The SMILES string of the molecule is CC(=O)Oc1c(-c2ccc(NC(=O)c3ccc(Cl)cc3)cc2)c(-c2ccc(C)cc2)nn1-c1ccc(C)cc1. The van der Waals surface area contributed by atoms with Crippen LogP contribution in [0.2, 0.25) is 5.02 Å². The molecule has 5 rings (SSSR count). The van der Waals surface area contributed by atoms with E-state index < -0.39 is 5.97 Å². The average Bonchev–Trinajstić information content (AvgIpc) is 3.28. The fourth-order valence-electron chi connectivity index (χ4n) is 4.19. The molecule has 1 aromatic heterocycles. The number of benzene rings is 4. The molecule has 1 heterocycles. The largest absolute Gasteiger partial charge is 0.407 e.